The Morgan fingerprint density at radius 2 is 1.78 bits per heavy atom. The highest BCUT2D eigenvalue weighted by molar-refractivity contribution is 5.86. The van der Waals surface area contributed by atoms with Gasteiger partial charge < -0.3 is 19.7 Å². The maximum absolute atomic E-state index is 12.8. The molecule has 0 aromatic heterocycles. The fourth-order valence-corrected chi connectivity index (χ4v) is 2.90. The molecule has 0 fully saturated rings. The molecule has 2 aromatic rings. The maximum Gasteiger partial charge on any atom is 0.407 e. The quantitative estimate of drug-likeness (QED) is 0.807. The summed E-state index contributed by atoms with van der Waals surface area (Å²) in [5.41, 5.74) is 1.02. The molecular formula is C21H28N2O4. The van der Waals surface area contributed by atoms with Crippen LogP contribution in [-0.4, -0.2) is 43.7 Å². The fourth-order valence-electron chi connectivity index (χ4n) is 2.90. The molecule has 0 unspecified atom stereocenters. The van der Waals surface area contributed by atoms with Crippen molar-refractivity contribution in [2.45, 2.75) is 33.4 Å². The zero-order chi connectivity index (χ0) is 20.0. The van der Waals surface area contributed by atoms with E-state index in [2.05, 4.69) is 11.4 Å². The molecule has 2 amide bonds. The van der Waals surface area contributed by atoms with Crippen molar-refractivity contribution < 1.29 is 19.1 Å². The first-order valence-electron chi connectivity index (χ1n) is 9.10. The number of nitrogens with zero attached hydrogens (tertiary/aromatic N) is 1. The van der Waals surface area contributed by atoms with E-state index in [0.29, 0.717) is 6.54 Å². The van der Waals surface area contributed by atoms with Crippen molar-refractivity contribution in [1.82, 2.24) is 10.2 Å². The number of hydrogen-bond acceptors (Lipinski definition) is 4. The van der Waals surface area contributed by atoms with Gasteiger partial charge in [-0.15, -0.1) is 0 Å². The van der Waals surface area contributed by atoms with Crippen molar-refractivity contribution in [3.05, 3.63) is 42.0 Å². The molecule has 0 heterocycles. The molecule has 0 radical (unpaired) electrons. The standard InChI is InChI=1S/C21H28N2O4/c1-6-27-21(25)22-19(14(2)3)20(24)23(4)13-15-7-8-17-12-18(26-5)10-9-16(17)11-15/h7-12,14,19H,6,13H2,1-5H3,(H,22,25)/t19-/m0/s1. The Morgan fingerprint density at radius 1 is 1.11 bits per heavy atom. The Labute approximate surface area is 160 Å². The van der Waals surface area contributed by atoms with Gasteiger partial charge in [-0.05, 0) is 47.4 Å². The molecule has 146 valence electrons. The number of alkyl carbamates (subject to hydrolysis) is 1. The van der Waals surface area contributed by atoms with Gasteiger partial charge in [0.25, 0.3) is 0 Å². The number of methoxy groups -OCH3 is 1. The molecule has 0 saturated heterocycles. The number of nitrogens with one attached hydrogen (secondary N) is 1. The van der Waals surface area contributed by atoms with Crippen molar-refractivity contribution in [2.24, 2.45) is 5.92 Å². The van der Waals surface area contributed by atoms with Gasteiger partial charge in [-0.2, -0.15) is 0 Å². The van der Waals surface area contributed by atoms with Crippen LogP contribution in [0, 0.1) is 5.92 Å². The number of likely N-dealkylation sites (N-methyl/N-ethyl adjacent to an activating group) is 1. The van der Waals surface area contributed by atoms with Crippen molar-refractivity contribution in [3.8, 4) is 5.75 Å². The zero-order valence-corrected chi connectivity index (χ0v) is 16.6. The van der Waals surface area contributed by atoms with Crippen LogP contribution in [0.1, 0.15) is 26.3 Å². The van der Waals surface area contributed by atoms with Gasteiger partial charge in [-0.1, -0.05) is 32.0 Å². The summed E-state index contributed by atoms with van der Waals surface area (Å²) in [6, 6.07) is 11.3. The number of hydrogen-bond donors (Lipinski definition) is 1. The van der Waals surface area contributed by atoms with E-state index < -0.39 is 12.1 Å². The van der Waals surface area contributed by atoms with Crippen molar-refractivity contribution in [1.29, 1.82) is 0 Å². The smallest absolute Gasteiger partial charge is 0.407 e. The average Bonchev–Trinajstić information content (AvgIpc) is 2.65. The first kappa shape index (κ1) is 20.6. The predicted octanol–water partition coefficient (Wildman–Crippen LogP) is 3.58. The van der Waals surface area contributed by atoms with Crippen LogP contribution in [0.4, 0.5) is 4.79 Å². The van der Waals surface area contributed by atoms with Crippen LogP contribution < -0.4 is 10.1 Å². The minimum Gasteiger partial charge on any atom is -0.497 e. The largest absolute Gasteiger partial charge is 0.497 e. The van der Waals surface area contributed by atoms with E-state index >= 15 is 0 Å². The van der Waals surface area contributed by atoms with E-state index in [-0.39, 0.29) is 18.4 Å². The lowest BCUT2D eigenvalue weighted by molar-refractivity contribution is -0.133. The highest BCUT2D eigenvalue weighted by atomic mass is 16.5. The van der Waals surface area contributed by atoms with E-state index in [1.165, 1.54) is 0 Å². The molecule has 0 spiro atoms. The van der Waals surface area contributed by atoms with Gasteiger partial charge in [0.2, 0.25) is 5.91 Å². The molecule has 2 rings (SSSR count). The SMILES string of the molecule is CCOC(=O)N[C@H](C(=O)N(C)Cc1ccc2cc(OC)ccc2c1)C(C)C. The molecule has 0 saturated carbocycles. The van der Waals surface area contributed by atoms with Gasteiger partial charge in [-0.25, -0.2) is 4.79 Å². The number of amides is 2. The van der Waals surface area contributed by atoms with Gasteiger partial charge in [0.1, 0.15) is 11.8 Å². The van der Waals surface area contributed by atoms with Gasteiger partial charge in [0.05, 0.1) is 13.7 Å². The van der Waals surface area contributed by atoms with Gasteiger partial charge in [0.15, 0.2) is 0 Å². The monoisotopic (exact) mass is 372 g/mol. The normalized spacial score (nSPS) is 11.9. The highest BCUT2D eigenvalue weighted by Crippen LogP contribution is 2.22. The second kappa shape index (κ2) is 9.26. The summed E-state index contributed by atoms with van der Waals surface area (Å²) in [7, 11) is 3.38. The van der Waals surface area contributed by atoms with Crippen LogP contribution in [0.3, 0.4) is 0 Å². The summed E-state index contributed by atoms with van der Waals surface area (Å²) in [6.45, 7) is 6.24. The summed E-state index contributed by atoms with van der Waals surface area (Å²) in [6.07, 6.45) is -0.572. The summed E-state index contributed by atoms with van der Waals surface area (Å²) in [4.78, 5) is 26.2. The third kappa shape index (κ3) is 5.36. The Hall–Kier alpha value is -2.76. The molecule has 1 N–H and O–H groups in total. The van der Waals surface area contributed by atoms with Crippen molar-refractivity contribution in [3.63, 3.8) is 0 Å². The lowest BCUT2D eigenvalue weighted by atomic mass is 10.0. The van der Waals surface area contributed by atoms with Crippen LogP contribution in [0.15, 0.2) is 36.4 Å². The van der Waals surface area contributed by atoms with E-state index in [1.807, 2.05) is 44.2 Å². The molecule has 6 heteroatoms. The highest BCUT2D eigenvalue weighted by Gasteiger charge is 2.27. The lowest BCUT2D eigenvalue weighted by Gasteiger charge is -2.27. The second-order valence-corrected chi connectivity index (χ2v) is 6.83. The van der Waals surface area contributed by atoms with Gasteiger partial charge in [0, 0.05) is 13.6 Å². The van der Waals surface area contributed by atoms with E-state index in [4.69, 9.17) is 9.47 Å². The summed E-state index contributed by atoms with van der Waals surface area (Å²) in [5.74, 6) is 0.619. The summed E-state index contributed by atoms with van der Waals surface area (Å²) >= 11 is 0. The number of benzene rings is 2. The minimum absolute atomic E-state index is 0.0478. The van der Waals surface area contributed by atoms with E-state index in [0.717, 1.165) is 22.1 Å². The first-order chi connectivity index (χ1) is 12.8. The zero-order valence-electron chi connectivity index (χ0n) is 16.6. The van der Waals surface area contributed by atoms with Crippen LogP contribution in [0.5, 0.6) is 5.75 Å². The molecule has 0 aliphatic heterocycles. The maximum atomic E-state index is 12.8. The summed E-state index contributed by atoms with van der Waals surface area (Å²) in [5, 5.41) is 4.82. The van der Waals surface area contributed by atoms with E-state index in [9.17, 15) is 9.59 Å². The molecule has 27 heavy (non-hydrogen) atoms. The molecule has 0 aliphatic rings. The third-order valence-corrected chi connectivity index (χ3v) is 4.39. The topological polar surface area (TPSA) is 67.9 Å². The summed E-state index contributed by atoms with van der Waals surface area (Å²) < 4.78 is 10.2. The Morgan fingerprint density at radius 3 is 2.41 bits per heavy atom. The van der Waals surface area contributed by atoms with Crippen LogP contribution in [0.2, 0.25) is 0 Å². The van der Waals surface area contributed by atoms with Crippen LogP contribution >= 0.6 is 0 Å². The number of ether oxygens (including phenoxy) is 2. The van der Waals surface area contributed by atoms with Crippen LogP contribution in [0.25, 0.3) is 10.8 Å². The van der Waals surface area contributed by atoms with Crippen LogP contribution in [-0.2, 0) is 16.1 Å². The minimum atomic E-state index is -0.626. The number of carbonyl (C=O) groups excluding carboxylic acids is 2. The average molecular weight is 372 g/mol. The Bertz CT molecular complexity index is 804. The fraction of sp³-hybridized carbons (Fsp3) is 0.429. The van der Waals surface area contributed by atoms with Crippen molar-refractivity contribution >= 4 is 22.8 Å². The van der Waals surface area contributed by atoms with Crippen molar-refractivity contribution in [2.75, 3.05) is 20.8 Å². The number of carbonyl (C=O) groups is 2. The molecule has 1 atom stereocenters. The number of fused-ring (bicyclic) bond motifs is 1. The molecule has 0 bridgehead atoms. The van der Waals surface area contributed by atoms with Gasteiger partial charge >= 0.3 is 6.09 Å². The van der Waals surface area contributed by atoms with E-state index in [1.54, 1.807) is 26.0 Å². The molecule has 2 aromatic carbocycles. The predicted molar refractivity (Wildman–Crippen MR) is 106 cm³/mol. The molecule has 6 nitrogen and oxygen atoms in total. The first-order valence-corrected chi connectivity index (χ1v) is 9.10. The Kier molecular flexibility index (Phi) is 7.05. The van der Waals surface area contributed by atoms with Gasteiger partial charge in [-0.3, -0.25) is 4.79 Å². The number of rotatable bonds is 7. The molecular weight excluding hydrogens is 344 g/mol. The molecule has 0 aliphatic carbocycles. The Balaban J connectivity index is 2.11. The third-order valence-electron chi connectivity index (χ3n) is 4.39. The lowest BCUT2D eigenvalue weighted by Crippen LogP contribution is -2.50. The second-order valence-electron chi connectivity index (χ2n) is 6.83.